The third-order valence-electron chi connectivity index (χ3n) is 4.99. The molecule has 0 atom stereocenters. The molecule has 0 saturated heterocycles. The zero-order valence-electron chi connectivity index (χ0n) is 16.7. The number of nitrogens with one attached hydrogen (secondary N) is 2. The molecule has 1 amide bonds. The van der Waals surface area contributed by atoms with Gasteiger partial charge in [0.2, 0.25) is 0 Å². The molecule has 4 nitrogen and oxygen atoms in total. The highest BCUT2D eigenvalue weighted by molar-refractivity contribution is 6.30. The lowest BCUT2D eigenvalue weighted by molar-refractivity contribution is 0.0952. The molecule has 0 saturated carbocycles. The summed E-state index contributed by atoms with van der Waals surface area (Å²) >= 11 is 5.94. The number of benzene rings is 3. The van der Waals surface area contributed by atoms with Crippen LogP contribution in [0.2, 0.25) is 5.02 Å². The van der Waals surface area contributed by atoms with Gasteiger partial charge >= 0.3 is 0 Å². The number of nitrogens with zero attached hydrogens (tertiary/aromatic N) is 1. The normalized spacial score (nSPS) is 10.7. The molecule has 4 aromatic rings. The number of hydrogen-bond donors (Lipinski definition) is 2. The van der Waals surface area contributed by atoms with Gasteiger partial charge in [-0.15, -0.1) is 0 Å². The first kappa shape index (κ1) is 19.9. The van der Waals surface area contributed by atoms with Crippen molar-refractivity contribution in [1.29, 1.82) is 0 Å². The standard InChI is InChI=1S/C25H22ClN3O/c1-2-18-7-3-5-9-22(18)28-24-15-21(20-8-4-6-10-23(20)29-24)25(30)27-16-17-11-13-19(26)14-12-17/h3-15H,2,16H2,1H3,(H,27,30)(H,28,29). The Kier molecular flexibility index (Phi) is 5.96. The van der Waals surface area contributed by atoms with E-state index in [2.05, 4.69) is 23.6 Å². The number of rotatable bonds is 6. The molecule has 2 N–H and O–H groups in total. The predicted molar refractivity (Wildman–Crippen MR) is 123 cm³/mol. The van der Waals surface area contributed by atoms with Gasteiger partial charge in [0.1, 0.15) is 5.82 Å². The molecule has 3 aromatic carbocycles. The fourth-order valence-electron chi connectivity index (χ4n) is 3.40. The lowest BCUT2D eigenvalue weighted by Crippen LogP contribution is -2.23. The van der Waals surface area contributed by atoms with E-state index in [0.717, 1.165) is 28.6 Å². The lowest BCUT2D eigenvalue weighted by atomic mass is 10.1. The first-order valence-electron chi connectivity index (χ1n) is 9.91. The fourth-order valence-corrected chi connectivity index (χ4v) is 3.52. The summed E-state index contributed by atoms with van der Waals surface area (Å²) in [6.45, 7) is 2.54. The summed E-state index contributed by atoms with van der Waals surface area (Å²) in [4.78, 5) is 17.7. The Balaban J connectivity index is 1.64. The quantitative estimate of drug-likeness (QED) is 0.398. The molecule has 30 heavy (non-hydrogen) atoms. The molecule has 0 unspecified atom stereocenters. The first-order chi connectivity index (χ1) is 14.6. The highest BCUT2D eigenvalue weighted by Crippen LogP contribution is 2.25. The fraction of sp³-hybridized carbons (Fsp3) is 0.120. The van der Waals surface area contributed by atoms with Crippen LogP contribution < -0.4 is 10.6 Å². The second-order valence-corrected chi connectivity index (χ2v) is 7.45. The van der Waals surface area contributed by atoms with Crippen LogP contribution in [-0.4, -0.2) is 10.9 Å². The van der Waals surface area contributed by atoms with Crippen molar-refractivity contribution in [2.75, 3.05) is 5.32 Å². The second-order valence-electron chi connectivity index (χ2n) is 7.02. The topological polar surface area (TPSA) is 54.0 Å². The maximum Gasteiger partial charge on any atom is 0.252 e. The van der Waals surface area contributed by atoms with Crippen LogP contribution in [0.15, 0.2) is 78.9 Å². The number of para-hydroxylation sites is 2. The molecule has 0 spiro atoms. The average Bonchev–Trinajstić information content (AvgIpc) is 2.78. The zero-order valence-corrected chi connectivity index (χ0v) is 17.4. The molecule has 0 radical (unpaired) electrons. The SMILES string of the molecule is CCc1ccccc1Nc1cc(C(=O)NCc2ccc(Cl)cc2)c2ccccc2n1. The Morgan fingerprint density at radius 3 is 2.50 bits per heavy atom. The van der Waals surface area contributed by atoms with Crippen LogP contribution in [0.3, 0.4) is 0 Å². The molecule has 1 aromatic heterocycles. The maximum absolute atomic E-state index is 13.0. The summed E-state index contributed by atoms with van der Waals surface area (Å²) in [5.41, 5.74) is 4.54. The van der Waals surface area contributed by atoms with Crippen molar-refractivity contribution in [3.8, 4) is 0 Å². The molecule has 0 aliphatic carbocycles. The third kappa shape index (κ3) is 4.44. The van der Waals surface area contributed by atoms with Gasteiger partial charge in [-0.05, 0) is 47.9 Å². The van der Waals surface area contributed by atoms with Crippen molar-refractivity contribution in [2.24, 2.45) is 0 Å². The summed E-state index contributed by atoms with van der Waals surface area (Å²) in [6.07, 6.45) is 0.908. The molecule has 0 aliphatic rings. The molecule has 0 bridgehead atoms. The van der Waals surface area contributed by atoms with E-state index in [1.54, 1.807) is 0 Å². The van der Waals surface area contributed by atoms with Crippen molar-refractivity contribution in [2.45, 2.75) is 19.9 Å². The van der Waals surface area contributed by atoms with Gasteiger partial charge < -0.3 is 10.6 Å². The van der Waals surface area contributed by atoms with E-state index in [-0.39, 0.29) is 5.91 Å². The van der Waals surface area contributed by atoms with Crippen molar-refractivity contribution in [3.63, 3.8) is 0 Å². The minimum Gasteiger partial charge on any atom is -0.348 e. The van der Waals surface area contributed by atoms with Crippen molar-refractivity contribution >= 4 is 39.9 Å². The number of halogens is 1. The van der Waals surface area contributed by atoms with Crippen LogP contribution in [0.5, 0.6) is 0 Å². The van der Waals surface area contributed by atoms with Crippen LogP contribution in [-0.2, 0) is 13.0 Å². The number of carbonyl (C=O) groups is 1. The Morgan fingerprint density at radius 1 is 0.967 bits per heavy atom. The van der Waals surface area contributed by atoms with Gasteiger partial charge in [-0.2, -0.15) is 0 Å². The molecule has 0 fully saturated rings. The molecule has 0 aliphatic heterocycles. The third-order valence-corrected chi connectivity index (χ3v) is 5.24. The molecular formula is C25H22ClN3O. The summed E-state index contributed by atoms with van der Waals surface area (Å²) < 4.78 is 0. The molecule has 5 heteroatoms. The molecule has 150 valence electrons. The van der Waals surface area contributed by atoms with E-state index in [4.69, 9.17) is 16.6 Å². The van der Waals surface area contributed by atoms with E-state index < -0.39 is 0 Å². The van der Waals surface area contributed by atoms with Gasteiger partial charge in [0.25, 0.3) is 5.91 Å². The van der Waals surface area contributed by atoms with E-state index in [0.29, 0.717) is 22.9 Å². The van der Waals surface area contributed by atoms with Crippen LogP contribution in [0.4, 0.5) is 11.5 Å². The number of carbonyl (C=O) groups excluding carboxylic acids is 1. The zero-order chi connectivity index (χ0) is 20.9. The summed E-state index contributed by atoms with van der Waals surface area (Å²) in [5.74, 6) is 0.501. The van der Waals surface area contributed by atoms with Crippen molar-refractivity contribution in [1.82, 2.24) is 10.3 Å². The van der Waals surface area contributed by atoms with Gasteiger partial charge in [0.05, 0.1) is 11.1 Å². The number of hydrogen-bond acceptors (Lipinski definition) is 3. The average molecular weight is 416 g/mol. The predicted octanol–water partition coefficient (Wildman–Crippen LogP) is 6.12. The molecule has 4 rings (SSSR count). The van der Waals surface area contributed by atoms with E-state index in [1.165, 1.54) is 5.56 Å². The lowest BCUT2D eigenvalue weighted by Gasteiger charge is -2.13. The second kappa shape index (κ2) is 8.97. The van der Waals surface area contributed by atoms with Gasteiger partial charge in [-0.3, -0.25) is 4.79 Å². The summed E-state index contributed by atoms with van der Waals surface area (Å²) in [7, 11) is 0. The van der Waals surface area contributed by atoms with Crippen molar-refractivity contribution < 1.29 is 4.79 Å². The number of amides is 1. The highest BCUT2D eigenvalue weighted by Gasteiger charge is 2.13. The van der Waals surface area contributed by atoms with E-state index in [9.17, 15) is 4.79 Å². The number of pyridine rings is 1. The van der Waals surface area contributed by atoms with Crippen molar-refractivity contribution in [3.05, 3.63) is 101 Å². The molecular weight excluding hydrogens is 394 g/mol. The van der Waals surface area contributed by atoms with E-state index in [1.807, 2.05) is 72.8 Å². The number of anilines is 2. The van der Waals surface area contributed by atoms with Crippen LogP contribution in [0.1, 0.15) is 28.4 Å². The first-order valence-corrected chi connectivity index (χ1v) is 10.3. The number of aromatic nitrogens is 1. The Labute approximate surface area is 180 Å². The monoisotopic (exact) mass is 415 g/mol. The molecule has 1 heterocycles. The van der Waals surface area contributed by atoms with Gasteiger partial charge in [0.15, 0.2) is 0 Å². The number of aryl methyl sites for hydroxylation is 1. The Morgan fingerprint density at radius 2 is 1.70 bits per heavy atom. The summed E-state index contributed by atoms with van der Waals surface area (Å²) in [5, 5.41) is 7.88. The van der Waals surface area contributed by atoms with Gasteiger partial charge in [-0.1, -0.05) is 67.1 Å². The Hall–Kier alpha value is -3.37. The maximum atomic E-state index is 13.0. The highest BCUT2D eigenvalue weighted by atomic mass is 35.5. The smallest absolute Gasteiger partial charge is 0.252 e. The number of fused-ring (bicyclic) bond motifs is 1. The minimum absolute atomic E-state index is 0.143. The minimum atomic E-state index is -0.143. The van der Waals surface area contributed by atoms with Gasteiger partial charge in [-0.25, -0.2) is 4.98 Å². The van der Waals surface area contributed by atoms with Gasteiger partial charge in [0, 0.05) is 22.6 Å². The Bertz CT molecular complexity index is 1190. The van der Waals surface area contributed by atoms with Crippen LogP contribution >= 0.6 is 11.6 Å². The summed E-state index contributed by atoms with van der Waals surface area (Å²) in [6, 6.07) is 25.1. The van der Waals surface area contributed by atoms with Crippen LogP contribution in [0.25, 0.3) is 10.9 Å². The van der Waals surface area contributed by atoms with E-state index >= 15 is 0 Å². The van der Waals surface area contributed by atoms with Crippen LogP contribution in [0, 0.1) is 0 Å². The largest absolute Gasteiger partial charge is 0.348 e.